The molecule has 0 saturated heterocycles. The number of benzene rings is 1. The Bertz CT molecular complexity index is 742. The maximum absolute atomic E-state index is 9.17. The van der Waals surface area contributed by atoms with Crippen molar-refractivity contribution in [3.8, 4) is 6.07 Å². The number of nitrogens with zero attached hydrogens (tertiary/aromatic N) is 5. The Kier molecular flexibility index (Phi) is 2.74. The smallest absolute Gasteiger partial charge is 0.193 e. The highest BCUT2D eigenvalue weighted by Gasteiger charge is 2.05. The quantitative estimate of drug-likeness (QED) is 0.725. The number of anilines is 1. The molecule has 19 heavy (non-hydrogen) atoms. The van der Waals surface area contributed by atoms with Crippen LogP contribution >= 0.6 is 0 Å². The lowest BCUT2D eigenvalue weighted by Gasteiger charge is -2.06. The molecule has 92 valence electrons. The summed E-state index contributed by atoms with van der Waals surface area (Å²) in [6.07, 6.45) is 0. The summed E-state index contributed by atoms with van der Waals surface area (Å²) in [4.78, 5) is 4.43. The summed E-state index contributed by atoms with van der Waals surface area (Å²) in [5, 5.41) is 26.6. The molecule has 0 unspecified atom stereocenters. The van der Waals surface area contributed by atoms with E-state index in [0.717, 1.165) is 10.9 Å². The van der Waals surface area contributed by atoms with E-state index in [2.05, 4.69) is 37.0 Å². The highest BCUT2D eigenvalue weighted by molar-refractivity contribution is 5.86. The summed E-state index contributed by atoms with van der Waals surface area (Å²) in [5.74, 6) is 1.15. The number of fused-ring (bicyclic) bond motifs is 1. The SMILES string of the molecule is N#Cc1cc(NCc2nn[nH]n2)nc2ccccc12. The van der Waals surface area contributed by atoms with Gasteiger partial charge in [-0.2, -0.15) is 10.5 Å². The molecule has 0 atom stereocenters. The van der Waals surface area contributed by atoms with E-state index in [1.807, 2.05) is 24.3 Å². The van der Waals surface area contributed by atoms with E-state index in [4.69, 9.17) is 5.26 Å². The van der Waals surface area contributed by atoms with Crippen LogP contribution in [-0.2, 0) is 6.54 Å². The van der Waals surface area contributed by atoms with Gasteiger partial charge in [-0.25, -0.2) is 4.98 Å². The average Bonchev–Trinajstić information content (AvgIpc) is 2.97. The highest BCUT2D eigenvalue weighted by Crippen LogP contribution is 2.20. The van der Waals surface area contributed by atoms with Crippen LogP contribution in [0.5, 0.6) is 0 Å². The molecule has 3 aromatic rings. The van der Waals surface area contributed by atoms with Crippen LogP contribution in [0.15, 0.2) is 30.3 Å². The van der Waals surface area contributed by atoms with Crippen LogP contribution in [0.25, 0.3) is 10.9 Å². The predicted molar refractivity (Wildman–Crippen MR) is 68.0 cm³/mol. The molecule has 7 heteroatoms. The van der Waals surface area contributed by atoms with Crippen LogP contribution in [0.1, 0.15) is 11.4 Å². The molecule has 0 aliphatic rings. The number of tetrazole rings is 1. The van der Waals surface area contributed by atoms with E-state index in [9.17, 15) is 0 Å². The van der Waals surface area contributed by atoms with E-state index in [1.54, 1.807) is 6.07 Å². The van der Waals surface area contributed by atoms with Crippen LogP contribution in [0.3, 0.4) is 0 Å². The molecule has 2 aromatic heterocycles. The molecule has 1 aromatic carbocycles. The Hall–Kier alpha value is -3.01. The Balaban J connectivity index is 1.94. The van der Waals surface area contributed by atoms with Gasteiger partial charge in [0, 0.05) is 5.39 Å². The number of rotatable bonds is 3. The largest absolute Gasteiger partial charge is 0.363 e. The summed E-state index contributed by atoms with van der Waals surface area (Å²) in [6.45, 7) is 0.396. The van der Waals surface area contributed by atoms with Crippen LogP contribution in [0, 0.1) is 11.3 Å². The van der Waals surface area contributed by atoms with Gasteiger partial charge in [-0.1, -0.05) is 23.4 Å². The van der Waals surface area contributed by atoms with Gasteiger partial charge < -0.3 is 5.32 Å². The third-order valence-electron chi connectivity index (χ3n) is 2.65. The fourth-order valence-electron chi connectivity index (χ4n) is 1.79. The number of nitriles is 1. The molecule has 2 N–H and O–H groups in total. The van der Waals surface area contributed by atoms with Gasteiger partial charge >= 0.3 is 0 Å². The lowest BCUT2D eigenvalue weighted by atomic mass is 10.1. The van der Waals surface area contributed by atoms with Crippen molar-refractivity contribution in [1.29, 1.82) is 5.26 Å². The molecular weight excluding hydrogens is 242 g/mol. The molecule has 0 radical (unpaired) electrons. The van der Waals surface area contributed by atoms with Crippen LogP contribution in [0.2, 0.25) is 0 Å². The Morgan fingerprint density at radius 1 is 1.32 bits per heavy atom. The first-order valence-corrected chi connectivity index (χ1v) is 5.63. The molecule has 0 amide bonds. The van der Waals surface area contributed by atoms with E-state index >= 15 is 0 Å². The molecule has 7 nitrogen and oxygen atoms in total. The highest BCUT2D eigenvalue weighted by atomic mass is 15.5. The number of hydrogen-bond donors (Lipinski definition) is 2. The van der Waals surface area contributed by atoms with Crippen molar-refractivity contribution in [3.63, 3.8) is 0 Å². The van der Waals surface area contributed by atoms with E-state index in [-0.39, 0.29) is 0 Å². The third-order valence-corrected chi connectivity index (χ3v) is 2.65. The number of nitrogens with one attached hydrogen (secondary N) is 2. The third kappa shape index (κ3) is 2.19. The summed E-state index contributed by atoms with van der Waals surface area (Å²) in [7, 11) is 0. The number of H-pyrrole nitrogens is 1. The standard InChI is InChI=1S/C12H9N7/c13-6-8-5-11(14-7-12-16-18-19-17-12)15-10-4-2-1-3-9(8)10/h1-5H,7H2,(H,14,15)(H,16,17,18,19). The zero-order chi connectivity index (χ0) is 13.1. The van der Waals surface area contributed by atoms with Gasteiger partial charge in [0.25, 0.3) is 0 Å². The van der Waals surface area contributed by atoms with Crippen molar-refractivity contribution in [1.82, 2.24) is 25.6 Å². The van der Waals surface area contributed by atoms with Crippen LogP contribution in [-0.4, -0.2) is 25.6 Å². The van der Waals surface area contributed by atoms with Crippen molar-refractivity contribution < 1.29 is 0 Å². The van der Waals surface area contributed by atoms with Crippen LogP contribution in [0.4, 0.5) is 5.82 Å². The number of aromatic amines is 1. The fourth-order valence-corrected chi connectivity index (χ4v) is 1.79. The minimum atomic E-state index is 0.396. The second-order valence-electron chi connectivity index (χ2n) is 3.87. The lowest BCUT2D eigenvalue weighted by molar-refractivity contribution is 0.881. The monoisotopic (exact) mass is 251 g/mol. The summed E-state index contributed by atoms with van der Waals surface area (Å²) in [5.41, 5.74) is 1.36. The van der Waals surface area contributed by atoms with Gasteiger partial charge in [-0.3, -0.25) is 0 Å². The first-order chi connectivity index (χ1) is 9.36. The first kappa shape index (κ1) is 11.1. The van der Waals surface area contributed by atoms with E-state index < -0.39 is 0 Å². The van der Waals surface area contributed by atoms with E-state index in [1.165, 1.54) is 0 Å². The van der Waals surface area contributed by atoms with Crippen molar-refractivity contribution in [3.05, 3.63) is 41.7 Å². The molecule has 0 spiro atoms. The number of para-hydroxylation sites is 1. The summed E-state index contributed by atoms with van der Waals surface area (Å²) >= 11 is 0. The summed E-state index contributed by atoms with van der Waals surface area (Å²) in [6, 6.07) is 11.4. The zero-order valence-electron chi connectivity index (χ0n) is 9.83. The fraction of sp³-hybridized carbons (Fsp3) is 0.0833. The van der Waals surface area contributed by atoms with Crippen molar-refractivity contribution >= 4 is 16.7 Å². The maximum Gasteiger partial charge on any atom is 0.193 e. The molecule has 3 rings (SSSR count). The van der Waals surface area contributed by atoms with Gasteiger partial charge in [0.1, 0.15) is 5.82 Å². The number of hydrogen-bond acceptors (Lipinski definition) is 6. The van der Waals surface area contributed by atoms with Crippen molar-refractivity contribution in [2.75, 3.05) is 5.32 Å². The minimum absolute atomic E-state index is 0.396. The molecule has 0 bridgehead atoms. The van der Waals surface area contributed by atoms with Gasteiger partial charge in [-0.15, -0.1) is 10.2 Å². The average molecular weight is 251 g/mol. The molecule has 0 fully saturated rings. The minimum Gasteiger partial charge on any atom is -0.363 e. The maximum atomic E-state index is 9.17. The predicted octanol–water partition coefficient (Wildman–Crippen LogP) is 1.23. The van der Waals surface area contributed by atoms with Crippen LogP contribution < -0.4 is 5.32 Å². The van der Waals surface area contributed by atoms with Gasteiger partial charge in [0.05, 0.1) is 23.7 Å². The second kappa shape index (κ2) is 4.70. The Labute approximate surface area is 108 Å². The molecule has 0 aliphatic carbocycles. The van der Waals surface area contributed by atoms with Gasteiger partial charge in [-0.05, 0) is 12.1 Å². The lowest BCUT2D eigenvalue weighted by Crippen LogP contribution is -2.03. The Morgan fingerprint density at radius 3 is 3.00 bits per heavy atom. The molecule has 2 heterocycles. The molecule has 0 aliphatic heterocycles. The number of pyridine rings is 1. The Morgan fingerprint density at radius 2 is 2.21 bits per heavy atom. The molecule has 0 saturated carbocycles. The topological polar surface area (TPSA) is 103 Å². The summed E-state index contributed by atoms with van der Waals surface area (Å²) < 4.78 is 0. The number of aromatic nitrogens is 5. The van der Waals surface area contributed by atoms with Gasteiger partial charge in [0.15, 0.2) is 5.82 Å². The normalized spacial score (nSPS) is 10.3. The first-order valence-electron chi connectivity index (χ1n) is 5.63. The van der Waals surface area contributed by atoms with Crippen molar-refractivity contribution in [2.24, 2.45) is 0 Å². The second-order valence-corrected chi connectivity index (χ2v) is 3.87. The molecular formula is C12H9N7. The zero-order valence-corrected chi connectivity index (χ0v) is 9.83. The van der Waals surface area contributed by atoms with Gasteiger partial charge in [0.2, 0.25) is 0 Å². The van der Waals surface area contributed by atoms with E-state index in [0.29, 0.717) is 23.8 Å². The van der Waals surface area contributed by atoms with Crippen molar-refractivity contribution in [2.45, 2.75) is 6.54 Å².